The normalized spacial score (nSPS) is 18.3. The molecule has 0 spiro atoms. The molecule has 0 aliphatic rings. The van der Waals surface area contributed by atoms with Crippen molar-refractivity contribution >= 4 is 17.7 Å². The number of aliphatic hydroxyl groups is 1. The van der Waals surface area contributed by atoms with Crippen molar-refractivity contribution in [3.05, 3.63) is 0 Å². The fourth-order valence-electron chi connectivity index (χ4n) is 0.484. The fraction of sp³-hybridized carbons (Fsp3) is 0.875. The first-order valence-electron chi connectivity index (χ1n) is 3.97. The van der Waals surface area contributed by atoms with Crippen molar-refractivity contribution in [2.45, 2.75) is 38.0 Å². The third-order valence-corrected chi connectivity index (χ3v) is 3.32. The topological polar surface area (TPSA) is 57.5 Å². The summed E-state index contributed by atoms with van der Waals surface area (Å²) in [5.74, 6) is -0.907. The molecule has 2 N–H and O–H groups in total. The standard InChI is InChI=1S/C8H16O3S/c1-4-6(2)12-5-8(3,11)7(9)10/h6,11H,4-5H2,1-3H3,(H,9,10). The molecule has 12 heavy (non-hydrogen) atoms. The smallest absolute Gasteiger partial charge is 0.336 e. The van der Waals surface area contributed by atoms with Gasteiger partial charge in [-0.1, -0.05) is 13.8 Å². The van der Waals surface area contributed by atoms with Gasteiger partial charge in [-0.2, -0.15) is 11.8 Å². The molecule has 0 rings (SSSR count). The zero-order valence-corrected chi connectivity index (χ0v) is 8.52. The van der Waals surface area contributed by atoms with E-state index in [1.807, 2.05) is 13.8 Å². The molecule has 0 aromatic rings. The average Bonchev–Trinajstić information content (AvgIpc) is 2.00. The molecule has 0 aromatic carbocycles. The maximum absolute atomic E-state index is 10.5. The number of carboxylic acid groups (broad SMARTS) is 1. The Balaban J connectivity index is 3.83. The molecule has 2 unspecified atom stereocenters. The first kappa shape index (κ1) is 11.8. The second kappa shape index (κ2) is 4.72. The van der Waals surface area contributed by atoms with E-state index in [2.05, 4.69) is 0 Å². The molecule has 0 fully saturated rings. The largest absolute Gasteiger partial charge is 0.479 e. The maximum atomic E-state index is 10.5. The van der Waals surface area contributed by atoms with Crippen LogP contribution >= 0.6 is 11.8 Å². The minimum absolute atomic E-state index is 0.247. The molecule has 0 saturated heterocycles. The lowest BCUT2D eigenvalue weighted by atomic mass is 10.1. The van der Waals surface area contributed by atoms with Gasteiger partial charge in [0.15, 0.2) is 5.60 Å². The van der Waals surface area contributed by atoms with Crippen molar-refractivity contribution in [1.29, 1.82) is 0 Å². The first-order chi connectivity index (χ1) is 5.40. The van der Waals surface area contributed by atoms with Gasteiger partial charge < -0.3 is 10.2 Å². The van der Waals surface area contributed by atoms with Gasteiger partial charge >= 0.3 is 5.97 Å². The van der Waals surface area contributed by atoms with Crippen LogP contribution in [0.2, 0.25) is 0 Å². The van der Waals surface area contributed by atoms with Gasteiger partial charge in [0, 0.05) is 11.0 Å². The Morgan fingerprint density at radius 2 is 2.17 bits per heavy atom. The van der Waals surface area contributed by atoms with Crippen LogP contribution in [0.25, 0.3) is 0 Å². The number of hydrogen-bond donors (Lipinski definition) is 2. The number of hydrogen-bond acceptors (Lipinski definition) is 3. The first-order valence-corrected chi connectivity index (χ1v) is 5.02. The molecule has 0 amide bonds. The zero-order chi connectivity index (χ0) is 9.78. The summed E-state index contributed by atoms with van der Waals surface area (Å²) in [6, 6.07) is 0. The molecule has 0 aliphatic heterocycles. The number of thioether (sulfide) groups is 1. The van der Waals surface area contributed by atoms with Gasteiger partial charge in [0.25, 0.3) is 0 Å². The van der Waals surface area contributed by atoms with Crippen LogP contribution in [-0.4, -0.2) is 32.8 Å². The Morgan fingerprint density at radius 3 is 2.50 bits per heavy atom. The Kier molecular flexibility index (Phi) is 4.63. The second-order valence-electron chi connectivity index (χ2n) is 3.11. The van der Waals surface area contributed by atoms with Crippen molar-refractivity contribution in [2.24, 2.45) is 0 Å². The van der Waals surface area contributed by atoms with Gasteiger partial charge in [0.05, 0.1) is 0 Å². The molecule has 2 atom stereocenters. The third-order valence-electron chi connectivity index (χ3n) is 1.68. The van der Waals surface area contributed by atoms with Gasteiger partial charge in [-0.05, 0) is 13.3 Å². The lowest BCUT2D eigenvalue weighted by Gasteiger charge is -2.19. The van der Waals surface area contributed by atoms with E-state index in [1.54, 1.807) is 0 Å². The van der Waals surface area contributed by atoms with Crippen molar-refractivity contribution in [3.63, 3.8) is 0 Å². The fourth-order valence-corrected chi connectivity index (χ4v) is 1.45. The Labute approximate surface area is 77.2 Å². The monoisotopic (exact) mass is 192 g/mol. The summed E-state index contributed by atoms with van der Waals surface area (Å²) in [7, 11) is 0. The number of aliphatic carboxylic acids is 1. The summed E-state index contributed by atoms with van der Waals surface area (Å²) >= 11 is 1.48. The molecule has 0 saturated carbocycles. The predicted octanol–water partition coefficient (Wildman–Crippen LogP) is 1.35. The van der Waals surface area contributed by atoms with Crippen LogP contribution in [0.4, 0.5) is 0 Å². The van der Waals surface area contributed by atoms with Crippen molar-refractivity contribution in [3.8, 4) is 0 Å². The number of rotatable bonds is 5. The molecule has 0 heterocycles. The summed E-state index contributed by atoms with van der Waals surface area (Å²) in [5, 5.41) is 18.3. The number of carboxylic acids is 1. The van der Waals surface area contributed by atoms with E-state index in [0.717, 1.165) is 6.42 Å². The summed E-state index contributed by atoms with van der Waals surface area (Å²) in [6.07, 6.45) is 0.986. The summed E-state index contributed by atoms with van der Waals surface area (Å²) < 4.78 is 0. The van der Waals surface area contributed by atoms with Crippen molar-refractivity contribution in [2.75, 3.05) is 5.75 Å². The highest BCUT2D eigenvalue weighted by Gasteiger charge is 2.29. The summed E-state index contributed by atoms with van der Waals surface area (Å²) in [4.78, 5) is 10.5. The highest BCUT2D eigenvalue weighted by molar-refractivity contribution is 7.99. The van der Waals surface area contributed by atoms with Crippen molar-refractivity contribution < 1.29 is 15.0 Å². The minimum Gasteiger partial charge on any atom is -0.479 e. The predicted molar refractivity (Wildman–Crippen MR) is 50.5 cm³/mol. The quantitative estimate of drug-likeness (QED) is 0.690. The van der Waals surface area contributed by atoms with Gasteiger partial charge in [-0.25, -0.2) is 4.79 Å². The van der Waals surface area contributed by atoms with Crippen LogP contribution in [0.1, 0.15) is 27.2 Å². The average molecular weight is 192 g/mol. The SMILES string of the molecule is CCC(C)SCC(C)(O)C(=O)O. The van der Waals surface area contributed by atoms with E-state index >= 15 is 0 Å². The molecule has 0 radical (unpaired) electrons. The summed E-state index contributed by atoms with van der Waals surface area (Å²) in [6.45, 7) is 5.38. The molecule has 0 bridgehead atoms. The zero-order valence-electron chi connectivity index (χ0n) is 7.70. The van der Waals surface area contributed by atoms with E-state index in [1.165, 1.54) is 18.7 Å². The lowest BCUT2D eigenvalue weighted by molar-refractivity contribution is -0.154. The number of carbonyl (C=O) groups is 1. The molecule has 0 aliphatic carbocycles. The van der Waals surface area contributed by atoms with Gasteiger partial charge in [0.2, 0.25) is 0 Å². The van der Waals surface area contributed by atoms with Crippen LogP contribution in [0.5, 0.6) is 0 Å². The van der Waals surface area contributed by atoms with Crippen LogP contribution in [-0.2, 0) is 4.79 Å². The Morgan fingerprint density at radius 1 is 1.67 bits per heavy atom. The summed E-state index contributed by atoms with van der Waals surface area (Å²) in [5.41, 5.74) is -1.59. The lowest BCUT2D eigenvalue weighted by Crippen LogP contribution is -2.38. The van der Waals surface area contributed by atoms with E-state index in [9.17, 15) is 9.90 Å². The van der Waals surface area contributed by atoms with Gasteiger partial charge in [-0.15, -0.1) is 0 Å². The van der Waals surface area contributed by atoms with Crippen LogP contribution < -0.4 is 0 Å². The molecular weight excluding hydrogens is 176 g/mol. The molecule has 4 heteroatoms. The molecule has 3 nitrogen and oxygen atoms in total. The molecule has 0 aromatic heterocycles. The van der Waals surface area contributed by atoms with Crippen LogP contribution in [0, 0.1) is 0 Å². The third kappa shape index (κ3) is 3.97. The molecule has 72 valence electrons. The van der Waals surface area contributed by atoms with Gasteiger partial charge in [-0.3, -0.25) is 0 Å². The van der Waals surface area contributed by atoms with Crippen LogP contribution in [0.3, 0.4) is 0 Å². The second-order valence-corrected chi connectivity index (χ2v) is 4.54. The van der Waals surface area contributed by atoms with E-state index in [-0.39, 0.29) is 5.75 Å². The van der Waals surface area contributed by atoms with E-state index in [4.69, 9.17) is 5.11 Å². The Bertz CT molecular complexity index is 156. The van der Waals surface area contributed by atoms with Gasteiger partial charge in [0.1, 0.15) is 0 Å². The van der Waals surface area contributed by atoms with Crippen molar-refractivity contribution in [1.82, 2.24) is 0 Å². The van der Waals surface area contributed by atoms with E-state index in [0.29, 0.717) is 5.25 Å². The van der Waals surface area contributed by atoms with E-state index < -0.39 is 11.6 Å². The van der Waals surface area contributed by atoms with Crippen LogP contribution in [0.15, 0.2) is 0 Å². The minimum atomic E-state index is -1.59. The maximum Gasteiger partial charge on any atom is 0.336 e. The molecular formula is C8H16O3S. The highest BCUT2D eigenvalue weighted by Crippen LogP contribution is 2.19. The Hall–Kier alpha value is -0.220. The highest BCUT2D eigenvalue weighted by atomic mass is 32.2.